The largest absolute Gasteiger partial charge is 0.478 e. The van der Waals surface area contributed by atoms with Crippen LogP contribution in [0.25, 0.3) is 17.4 Å². The van der Waals surface area contributed by atoms with Crippen molar-refractivity contribution in [3.63, 3.8) is 0 Å². The molecule has 1 aromatic heterocycles. The van der Waals surface area contributed by atoms with Gasteiger partial charge < -0.3 is 14.8 Å². The minimum Gasteiger partial charge on any atom is -0.478 e. The summed E-state index contributed by atoms with van der Waals surface area (Å²) in [6, 6.07) is 16.3. The molecule has 0 saturated heterocycles. The number of carbonyl (C=O) groups is 2. The molecule has 3 aromatic rings. The number of nitrogens with one attached hydrogen (secondary N) is 1. The third-order valence-electron chi connectivity index (χ3n) is 4.01. The Morgan fingerprint density at radius 2 is 1.87 bits per heavy atom. The molecule has 2 aromatic carbocycles. The Morgan fingerprint density at radius 1 is 1.13 bits per heavy atom. The van der Waals surface area contributed by atoms with Crippen LogP contribution in [0.3, 0.4) is 0 Å². The van der Waals surface area contributed by atoms with Gasteiger partial charge in [-0.15, -0.1) is 0 Å². The molecule has 0 spiro atoms. The van der Waals surface area contributed by atoms with Crippen molar-refractivity contribution in [1.82, 2.24) is 0 Å². The summed E-state index contributed by atoms with van der Waals surface area (Å²) in [5.41, 5.74) is 0.478. The summed E-state index contributed by atoms with van der Waals surface area (Å²) < 4.78 is 5.61. The number of carboxylic acid groups (broad SMARTS) is 1. The van der Waals surface area contributed by atoms with Gasteiger partial charge in [0.2, 0.25) is 0 Å². The predicted octanol–water partition coefficient (Wildman–Crippen LogP) is 4.10. The van der Waals surface area contributed by atoms with Crippen molar-refractivity contribution in [1.29, 1.82) is 5.26 Å². The zero-order valence-corrected chi connectivity index (χ0v) is 15.2. The fourth-order valence-electron chi connectivity index (χ4n) is 2.55. The molecule has 1 heterocycles. The highest BCUT2D eigenvalue weighted by Crippen LogP contribution is 2.24. The Balaban J connectivity index is 1.78. The molecule has 148 valence electrons. The maximum Gasteiger partial charge on any atom is 0.335 e. The van der Waals surface area contributed by atoms with Crippen LogP contribution < -0.4 is 5.32 Å². The van der Waals surface area contributed by atoms with Crippen molar-refractivity contribution in [2.24, 2.45) is 0 Å². The van der Waals surface area contributed by atoms with Crippen molar-refractivity contribution in [2.45, 2.75) is 0 Å². The first-order chi connectivity index (χ1) is 14.4. The molecule has 9 heteroatoms. The van der Waals surface area contributed by atoms with Crippen LogP contribution in [-0.4, -0.2) is 21.9 Å². The number of anilines is 1. The molecule has 0 aliphatic rings. The average Bonchev–Trinajstić information content (AvgIpc) is 3.20. The van der Waals surface area contributed by atoms with Crippen LogP contribution in [0.5, 0.6) is 0 Å². The van der Waals surface area contributed by atoms with Crippen LogP contribution in [0, 0.1) is 21.4 Å². The van der Waals surface area contributed by atoms with E-state index in [4.69, 9.17) is 9.52 Å². The Bertz CT molecular complexity index is 1200. The van der Waals surface area contributed by atoms with E-state index in [0.717, 1.165) is 0 Å². The van der Waals surface area contributed by atoms with E-state index >= 15 is 0 Å². The van der Waals surface area contributed by atoms with E-state index in [2.05, 4.69) is 5.32 Å². The fraction of sp³-hybridized carbons (Fsp3) is 0. The number of furan rings is 1. The van der Waals surface area contributed by atoms with Crippen LogP contribution in [0.1, 0.15) is 16.1 Å². The Kier molecular flexibility index (Phi) is 5.70. The van der Waals surface area contributed by atoms with E-state index in [1.807, 2.05) is 0 Å². The summed E-state index contributed by atoms with van der Waals surface area (Å²) >= 11 is 0. The third kappa shape index (κ3) is 4.58. The van der Waals surface area contributed by atoms with E-state index in [9.17, 15) is 25.0 Å². The van der Waals surface area contributed by atoms with Crippen molar-refractivity contribution >= 4 is 29.3 Å². The minimum atomic E-state index is -1.04. The number of rotatable bonds is 6. The number of nitro benzene ring substituents is 1. The number of nitro groups is 1. The predicted molar refractivity (Wildman–Crippen MR) is 106 cm³/mol. The van der Waals surface area contributed by atoms with Gasteiger partial charge in [-0.3, -0.25) is 14.9 Å². The summed E-state index contributed by atoms with van der Waals surface area (Å²) in [7, 11) is 0. The average molecular weight is 403 g/mol. The number of nitrogens with zero attached hydrogens (tertiary/aromatic N) is 2. The molecule has 0 aliphatic carbocycles. The fourth-order valence-corrected chi connectivity index (χ4v) is 2.55. The van der Waals surface area contributed by atoms with Gasteiger partial charge in [-0.2, -0.15) is 5.26 Å². The van der Waals surface area contributed by atoms with Gasteiger partial charge in [-0.05, 0) is 30.3 Å². The summed E-state index contributed by atoms with van der Waals surface area (Å²) in [5.74, 6) is -1.13. The standard InChI is InChI=1S/C21H13N3O6/c22-12-15(20(25)23-16-2-1-3-17(11-16)24(28)29)10-18-8-9-19(30-18)13-4-6-14(7-5-13)21(26)27/h1-11H,(H,23,25)(H,26,27)/b15-10+. The Labute approximate surface area is 169 Å². The van der Waals surface area contributed by atoms with Gasteiger partial charge in [0.1, 0.15) is 23.2 Å². The lowest BCUT2D eigenvalue weighted by atomic mass is 10.1. The van der Waals surface area contributed by atoms with E-state index in [1.165, 1.54) is 42.5 Å². The molecule has 0 unspecified atom stereocenters. The molecule has 0 saturated carbocycles. The molecule has 9 nitrogen and oxygen atoms in total. The maximum absolute atomic E-state index is 12.3. The Morgan fingerprint density at radius 3 is 2.50 bits per heavy atom. The van der Waals surface area contributed by atoms with Crippen molar-refractivity contribution < 1.29 is 24.0 Å². The van der Waals surface area contributed by atoms with Gasteiger partial charge in [0.05, 0.1) is 10.5 Å². The second kappa shape index (κ2) is 8.53. The lowest BCUT2D eigenvalue weighted by Crippen LogP contribution is -2.13. The number of aromatic carboxylic acids is 1. The van der Waals surface area contributed by atoms with Crippen LogP contribution in [0.15, 0.2) is 70.7 Å². The minimum absolute atomic E-state index is 0.134. The molecule has 2 N–H and O–H groups in total. The molecular formula is C21H13N3O6. The topological polar surface area (TPSA) is 146 Å². The highest BCUT2D eigenvalue weighted by Gasteiger charge is 2.14. The summed E-state index contributed by atoms with van der Waals surface area (Å²) in [5, 5.41) is 31.5. The molecular weight excluding hydrogens is 390 g/mol. The number of carbonyl (C=O) groups excluding carboxylic acids is 1. The number of benzene rings is 2. The highest BCUT2D eigenvalue weighted by atomic mass is 16.6. The molecule has 0 aliphatic heterocycles. The molecule has 0 atom stereocenters. The maximum atomic E-state index is 12.3. The number of nitriles is 1. The van der Waals surface area contributed by atoms with Crippen LogP contribution in [-0.2, 0) is 4.79 Å². The number of carboxylic acids is 1. The molecule has 0 radical (unpaired) electrons. The first-order valence-corrected chi connectivity index (χ1v) is 8.48. The number of amides is 1. The number of hydrogen-bond donors (Lipinski definition) is 2. The van der Waals surface area contributed by atoms with Crippen molar-refractivity contribution in [2.75, 3.05) is 5.32 Å². The third-order valence-corrected chi connectivity index (χ3v) is 4.01. The van der Waals surface area contributed by atoms with Crippen LogP contribution in [0.2, 0.25) is 0 Å². The summed E-state index contributed by atoms with van der Waals surface area (Å²) in [6.45, 7) is 0. The van der Waals surface area contributed by atoms with Gasteiger partial charge >= 0.3 is 5.97 Å². The van der Waals surface area contributed by atoms with E-state index in [1.54, 1.807) is 30.3 Å². The lowest BCUT2D eigenvalue weighted by molar-refractivity contribution is -0.384. The van der Waals surface area contributed by atoms with Gasteiger partial charge in [0, 0.05) is 29.5 Å². The molecule has 1 amide bonds. The van der Waals surface area contributed by atoms with Gasteiger partial charge in [-0.25, -0.2) is 4.79 Å². The SMILES string of the molecule is N#C/C(=C\c1ccc(-c2ccc(C(=O)O)cc2)o1)C(=O)Nc1cccc([N+](=O)[O-])c1. The second-order valence-corrected chi connectivity index (χ2v) is 6.02. The monoisotopic (exact) mass is 403 g/mol. The van der Waals surface area contributed by atoms with Crippen LogP contribution in [0.4, 0.5) is 11.4 Å². The first kappa shape index (κ1) is 20.0. The summed E-state index contributed by atoms with van der Waals surface area (Å²) in [4.78, 5) is 33.5. The zero-order valence-electron chi connectivity index (χ0n) is 15.2. The number of hydrogen-bond acceptors (Lipinski definition) is 6. The van der Waals surface area contributed by atoms with Gasteiger partial charge in [0.25, 0.3) is 11.6 Å². The molecule has 3 rings (SSSR count). The number of non-ortho nitro benzene ring substituents is 1. The van der Waals surface area contributed by atoms with Crippen molar-refractivity contribution in [3.05, 3.63) is 87.7 Å². The van der Waals surface area contributed by atoms with Gasteiger partial charge in [-0.1, -0.05) is 18.2 Å². The molecule has 0 fully saturated rings. The smallest absolute Gasteiger partial charge is 0.335 e. The van der Waals surface area contributed by atoms with E-state index < -0.39 is 16.8 Å². The van der Waals surface area contributed by atoms with Gasteiger partial charge in [0.15, 0.2) is 0 Å². The summed E-state index contributed by atoms with van der Waals surface area (Å²) in [6.07, 6.45) is 1.24. The zero-order chi connectivity index (χ0) is 21.7. The lowest BCUT2D eigenvalue weighted by Gasteiger charge is -2.03. The van der Waals surface area contributed by atoms with Crippen molar-refractivity contribution in [3.8, 4) is 17.4 Å². The normalized spacial score (nSPS) is 10.8. The molecule has 0 bridgehead atoms. The quantitative estimate of drug-likeness (QED) is 0.272. The first-order valence-electron chi connectivity index (χ1n) is 8.48. The highest BCUT2D eigenvalue weighted by molar-refractivity contribution is 6.09. The Hall–Kier alpha value is -4.71. The molecule has 30 heavy (non-hydrogen) atoms. The van der Waals surface area contributed by atoms with E-state index in [0.29, 0.717) is 11.3 Å². The van der Waals surface area contributed by atoms with Crippen LogP contribution >= 0.6 is 0 Å². The second-order valence-electron chi connectivity index (χ2n) is 6.02. The van der Waals surface area contributed by atoms with E-state index in [-0.39, 0.29) is 28.3 Å².